The Hall–Kier alpha value is -2.63. The maximum Gasteiger partial charge on any atom is 0.323 e. The van der Waals surface area contributed by atoms with Crippen LogP contribution in [0.5, 0.6) is 0 Å². The topological polar surface area (TPSA) is 82.5 Å². The number of benzene rings is 1. The average Bonchev–Trinajstić information content (AvgIpc) is 2.37. The minimum atomic E-state index is -1.06. The Morgan fingerprint density at radius 1 is 1.37 bits per heavy atom. The van der Waals surface area contributed by atoms with E-state index < -0.39 is 12.0 Å². The van der Waals surface area contributed by atoms with Crippen molar-refractivity contribution in [1.29, 1.82) is 0 Å². The summed E-state index contributed by atoms with van der Waals surface area (Å²) in [5.41, 5.74) is 1.43. The highest BCUT2D eigenvalue weighted by Gasteiger charge is 2.11. The Balaban J connectivity index is 2.12. The summed E-state index contributed by atoms with van der Waals surface area (Å²) in [4.78, 5) is 27.5. The number of aromatic nitrogens is 1. The summed E-state index contributed by atoms with van der Waals surface area (Å²) in [5.74, 6) is -1.06. The Kier molecular flexibility index (Phi) is 3.61. The van der Waals surface area contributed by atoms with E-state index >= 15 is 0 Å². The number of urea groups is 1. The molecule has 0 aliphatic heterocycles. The molecule has 0 radical (unpaired) electrons. The molecule has 2 N–H and O–H groups in total. The molecule has 19 heavy (non-hydrogen) atoms. The predicted molar refractivity (Wildman–Crippen MR) is 71.0 cm³/mol. The number of likely N-dealkylation sites (N-methyl/N-ethyl adjacent to an activating group) is 1. The molecule has 1 heterocycles. The lowest BCUT2D eigenvalue weighted by atomic mass is 10.2. The van der Waals surface area contributed by atoms with Gasteiger partial charge in [-0.2, -0.15) is 0 Å². The first kappa shape index (κ1) is 12.8. The number of rotatable bonds is 3. The largest absolute Gasteiger partial charge is 0.480 e. The standard InChI is InChI=1S/C13H13N3O3/c1-16(8-12(17)18)13(19)15-10-4-5-11-9(7-10)3-2-6-14-11/h2-7H,8H2,1H3,(H,15,19)(H,17,18). The molecular weight excluding hydrogens is 246 g/mol. The van der Waals surface area contributed by atoms with E-state index in [1.165, 1.54) is 7.05 Å². The van der Waals surface area contributed by atoms with Gasteiger partial charge in [0.15, 0.2) is 0 Å². The monoisotopic (exact) mass is 259 g/mol. The van der Waals surface area contributed by atoms with Crippen molar-refractivity contribution in [3.05, 3.63) is 36.5 Å². The SMILES string of the molecule is CN(CC(=O)O)C(=O)Nc1ccc2ncccc2c1. The van der Waals surface area contributed by atoms with Gasteiger partial charge in [0, 0.05) is 24.3 Å². The summed E-state index contributed by atoms with van der Waals surface area (Å²) in [7, 11) is 1.42. The van der Waals surface area contributed by atoms with Crippen LogP contribution in [0, 0.1) is 0 Å². The number of anilines is 1. The minimum Gasteiger partial charge on any atom is -0.480 e. The third kappa shape index (κ3) is 3.19. The molecule has 0 aliphatic rings. The van der Waals surface area contributed by atoms with E-state index in [2.05, 4.69) is 10.3 Å². The van der Waals surface area contributed by atoms with Crippen molar-refractivity contribution >= 4 is 28.6 Å². The lowest BCUT2D eigenvalue weighted by Crippen LogP contribution is -2.35. The van der Waals surface area contributed by atoms with Crippen molar-refractivity contribution in [3.8, 4) is 0 Å². The number of aliphatic carboxylic acids is 1. The number of carbonyl (C=O) groups is 2. The first-order valence-electron chi connectivity index (χ1n) is 5.65. The normalized spacial score (nSPS) is 10.2. The smallest absolute Gasteiger partial charge is 0.323 e. The van der Waals surface area contributed by atoms with Crippen molar-refractivity contribution in [2.75, 3.05) is 18.9 Å². The van der Waals surface area contributed by atoms with Gasteiger partial charge in [0.25, 0.3) is 0 Å². The van der Waals surface area contributed by atoms with Crippen LogP contribution < -0.4 is 5.32 Å². The molecular formula is C13H13N3O3. The van der Waals surface area contributed by atoms with Crippen molar-refractivity contribution in [2.45, 2.75) is 0 Å². The van der Waals surface area contributed by atoms with E-state index in [0.717, 1.165) is 15.8 Å². The highest BCUT2D eigenvalue weighted by atomic mass is 16.4. The van der Waals surface area contributed by atoms with Gasteiger partial charge in [-0.3, -0.25) is 9.78 Å². The average molecular weight is 259 g/mol. The van der Waals surface area contributed by atoms with Gasteiger partial charge in [-0.05, 0) is 24.3 Å². The summed E-state index contributed by atoms with van der Waals surface area (Å²) in [6, 6.07) is 8.54. The first-order valence-corrected chi connectivity index (χ1v) is 5.65. The Labute approximate surface area is 109 Å². The zero-order chi connectivity index (χ0) is 13.8. The van der Waals surface area contributed by atoms with Crippen LogP contribution in [0.15, 0.2) is 36.5 Å². The van der Waals surface area contributed by atoms with Crippen LogP contribution in [0.25, 0.3) is 10.9 Å². The fourth-order valence-electron chi connectivity index (χ4n) is 1.65. The molecule has 0 bridgehead atoms. The highest BCUT2D eigenvalue weighted by Crippen LogP contribution is 2.17. The van der Waals surface area contributed by atoms with E-state index in [9.17, 15) is 9.59 Å². The van der Waals surface area contributed by atoms with Gasteiger partial charge >= 0.3 is 12.0 Å². The number of amides is 2. The predicted octanol–water partition coefficient (Wildman–Crippen LogP) is 1.78. The molecule has 2 rings (SSSR count). The van der Waals surface area contributed by atoms with Gasteiger partial charge in [-0.15, -0.1) is 0 Å². The zero-order valence-electron chi connectivity index (χ0n) is 10.3. The van der Waals surface area contributed by atoms with Gasteiger partial charge in [-0.1, -0.05) is 6.07 Å². The van der Waals surface area contributed by atoms with E-state index in [4.69, 9.17) is 5.11 Å². The molecule has 0 aliphatic carbocycles. The number of carboxylic acids is 1. The summed E-state index contributed by atoms with van der Waals surface area (Å²) in [6.07, 6.45) is 1.70. The molecule has 0 saturated carbocycles. The van der Waals surface area contributed by atoms with E-state index in [-0.39, 0.29) is 6.54 Å². The molecule has 0 spiro atoms. The number of nitrogens with zero attached hydrogens (tertiary/aromatic N) is 2. The molecule has 0 saturated heterocycles. The lowest BCUT2D eigenvalue weighted by Gasteiger charge is -2.15. The summed E-state index contributed by atoms with van der Waals surface area (Å²) >= 11 is 0. The molecule has 2 amide bonds. The van der Waals surface area contributed by atoms with Gasteiger partial charge in [0.1, 0.15) is 6.54 Å². The van der Waals surface area contributed by atoms with E-state index in [1.54, 1.807) is 24.4 Å². The van der Waals surface area contributed by atoms with Crippen LogP contribution in [0.2, 0.25) is 0 Å². The molecule has 6 heteroatoms. The van der Waals surface area contributed by atoms with E-state index in [1.807, 2.05) is 12.1 Å². The molecule has 6 nitrogen and oxygen atoms in total. The first-order chi connectivity index (χ1) is 9.06. The number of nitrogens with one attached hydrogen (secondary N) is 1. The molecule has 1 aromatic heterocycles. The third-order valence-electron chi connectivity index (χ3n) is 2.57. The van der Waals surface area contributed by atoms with Crippen LogP contribution in [0.3, 0.4) is 0 Å². The van der Waals surface area contributed by atoms with Crippen molar-refractivity contribution in [1.82, 2.24) is 9.88 Å². The zero-order valence-corrected chi connectivity index (χ0v) is 10.3. The minimum absolute atomic E-state index is 0.346. The van der Waals surface area contributed by atoms with Gasteiger partial charge in [0.05, 0.1) is 5.52 Å². The number of pyridine rings is 1. The molecule has 1 aromatic carbocycles. The maximum absolute atomic E-state index is 11.7. The second-order valence-corrected chi connectivity index (χ2v) is 4.09. The van der Waals surface area contributed by atoms with Crippen LogP contribution in [0.4, 0.5) is 10.5 Å². The van der Waals surface area contributed by atoms with Crippen molar-refractivity contribution in [2.24, 2.45) is 0 Å². The number of hydrogen-bond donors (Lipinski definition) is 2. The van der Waals surface area contributed by atoms with Gasteiger partial charge in [-0.25, -0.2) is 4.79 Å². The second kappa shape index (κ2) is 5.34. The van der Waals surface area contributed by atoms with Crippen molar-refractivity contribution < 1.29 is 14.7 Å². The molecule has 2 aromatic rings. The van der Waals surface area contributed by atoms with Crippen LogP contribution >= 0.6 is 0 Å². The van der Waals surface area contributed by atoms with Crippen LogP contribution in [-0.2, 0) is 4.79 Å². The summed E-state index contributed by atoms with van der Waals surface area (Å²) < 4.78 is 0. The third-order valence-corrected chi connectivity index (χ3v) is 2.57. The number of carbonyl (C=O) groups excluding carboxylic acids is 1. The van der Waals surface area contributed by atoms with Gasteiger partial charge < -0.3 is 15.3 Å². The fourth-order valence-corrected chi connectivity index (χ4v) is 1.65. The van der Waals surface area contributed by atoms with Crippen molar-refractivity contribution in [3.63, 3.8) is 0 Å². The maximum atomic E-state index is 11.7. The molecule has 0 unspecified atom stereocenters. The quantitative estimate of drug-likeness (QED) is 0.880. The molecule has 0 fully saturated rings. The fraction of sp³-hybridized carbons (Fsp3) is 0.154. The lowest BCUT2D eigenvalue weighted by molar-refractivity contribution is -0.137. The van der Waals surface area contributed by atoms with E-state index in [0.29, 0.717) is 5.69 Å². The Morgan fingerprint density at radius 3 is 2.89 bits per heavy atom. The number of hydrogen-bond acceptors (Lipinski definition) is 3. The highest BCUT2D eigenvalue weighted by molar-refractivity contribution is 5.93. The summed E-state index contributed by atoms with van der Waals surface area (Å²) in [5, 5.41) is 12.1. The Morgan fingerprint density at radius 2 is 2.16 bits per heavy atom. The van der Waals surface area contributed by atoms with Crippen LogP contribution in [0.1, 0.15) is 0 Å². The number of carboxylic acid groups (broad SMARTS) is 1. The second-order valence-electron chi connectivity index (χ2n) is 4.09. The molecule has 98 valence electrons. The number of fused-ring (bicyclic) bond motifs is 1. The van der Waals surface area contributed by atoms with Crippen LogP contribution in [-0.4, -0.2) is 40.6 Å². The Bertz CT molecular complexity index is 627. The molecule has 0 atom stereocenters. The summed E-state index contributed by atoms with van der Waals surface area (Å²) in [6.45, 7) is -0.346. The van der Waals surface area contributed by atoms with Gasteiger partial charge in [0.2, 0.25) is 0 Å².